The molecule has 4 heterocycles. The van der Waals surface area contributed by atoms with E-state index in [1.54, 1.807) is 7.11 Å². The van der Waals surface area contributed by atoms with Gasteiger partial charge in [-0.3, -0.25) is 0 Å². The number of ether oxygens (including phenoxy) is 4. The summed E-state index contributed by atoms with van der Waals surface area (Å²) in [6, 6.07) is 19.1. The Labute approximate surface area is 322 Å². The van der Waals surface area contributed by atoms with E-state index in [1.807, 2.05) is 6.07 Å². The number of nitrogens with zero attached hydrogens (tertiary/aromatic N) is 3. The molecule has 284 valence electrons. The van der Waals surface area contributed by atoms with Crippen LogP contribution in [-0.2, 0) is 26.1 Å². The number of halogens is 1. The zero-order chi connectivity index (χ0) is 35.5. The summed E-state index contributed by atoms with van der Waals surface area (Å²) in [4.78, 5) is 5.05. The van der Waals surface area contributed by atoms with Crippen LogP contribution in [0.15, 0.2) is 60.8 Å². The second kappa shape index (κ2) is 19.4. The minimum Gasteiger partial charge on any atom is -1.00 e. The van der Waals surface area contributed by atoms with E-state index in [0.29, 0.717) is 6.61 Å². The normalized spacial score (nSPS) is 12.9. The third-order valence-electron chi connectivity index (χ3n) is 11.1. The van der Waals surface area contributed by atoms with Gasteiger partial charge in [-0.25, -0.2) is 4.98 Å². The number of hydrogen-bond acceptors (Lipinski definition) is 5. The number of fused-ring (bicyclic) bond motifs is 6. The van der Waals surface area contributed by atoms with Gasteiger partial charge in [-0.2, -0.15) is 4.57 Å². The molecule has 0 bridgehead atoms. The molecule has 0 radical (unpaired) electrons. The molecule has 0 amide bonds. The fraction of sp³-hybridized carbons (Fsp3) is 0.511. The molecule has 7 nitrogen and oxygen atoms in total. The largest absolute Gasteiger partial charge is 1.00 e. The van der Waals surface area contributed by atoms with Gasteiger partial charge >= 0.3 is 0 Å². The van der Waals surface area contributed by atoms with Gasteiger partial charge in [-0.1, -0.05) is 115 Å². The Kier molecular flexibility index (Phi) is 14.2. The molecular formula is C45H58ClN3O4. The first-order chi connectivity index (χ1) is 25.7. The van der Waals surface area contributed by atoms with Gasteiger partial charge in [0.1, 0.15) is 12.4 Å². The van der Waals surface area contributed by atoms with Gasteiger partial charge in [0, 0.05) is 19.0 Å². The molecule has 2 aliphatic rings. The van der Waals surface area contributed by atoms with Gasteiger partial charge in [0.05, 0.1) is 29.1 Å². The van der Waals surface area contributed by atoms with Crippen molar-refractivity contribution in [3.8, 4) is 34.3 Å². The van der Waals surface area contributed by atoms with Gasteiger partial charge in [-0.05, 0) is 53.8 Å². The SMILES string of the molecule is CCCCCCCCCCCCCCCCCCn1c(COc2c(OC)ccc3cc4[n+](cc23)CCc2cc3c(cc2-4)OCO3)nc2ccccc21.[Cl-]. The van der Waals surface area contributed by atoms with E-state index in [-0.39, 0.29) is 19.2 Å². The molecule has 0 saturated heterocycles. The summed E-state index contributed by atoms with van der Waals surface area (Å²) in [7, 11) is 1.71. The first kappa shape index (κ1) is 38.7. The summed E-state index contributed by atoms with van der Waals surface area (Å²) in [5.74, 6) is 4.10. The number of methoxy groups -OCH3 is 1. The summed E-state index contributed by atoms with van der Waals surface area (Å²) < 4.78 is 28.6. The van der Waals surface area contributed by atoms with E-state index in [1.165, 1.54) is 119 Å². The van der Waals surface area contributed by atoms with Gasteiger partial charge < -0.3 is 35.9 Å². The van der Waals surface area contributed by atoms with Gasteiger partial charge in [-0.15, -0.1) is 0 Å². The van der Waals surface area contributed by atoms with Crippen LogP contribution in [0, 0.1) is 0 Å². The number of hydrogen-bond donors (Lipinski definition) is 0. The Morgan fingerprint density at radius 2 is 1.43 bits per heavy atom. The third-order valence-corrected chi connectivity index (χ3v) is 11.1. The summed E-state index contributed by atoms with van der Waals surface area (Å²) in [5.41, 5.74) is 5.85. The molecule has 0 unspecified atom stereocenters. The van der Waals surface area contributed by atoms with E-state index in [0.717, 1.165) is 71.0 Å². The molecule has 53 heavy (non-hydrogen) atoms. The summed E-state index contributed by atoms with van der Waals surface area (Å²) in [6.07, 6.45) is 25.1. The zero-order valence-electron chi connectivity index (χ0n) is 32.0. The number of benzene rings is 3. The van der Waals surface area contributed by atoms with E-state index < -0.39 is 0 Å². The van der Waals surface area contributed by atoms with Gasteiger partial charge in [0.15, 0.2) is 35.7 Å². The number of para-hydroxylation sites is 2. The lowest BCUT2D eigenvalue weighted by atomic mass is 9.95. The van der Waals surface area contributed by atoms with Crippen LogP contribution in [0.4, 0.5) is 0 Å². The number of aromatic nitrogens is 3. The molecule has 3 aromatic carbocycles. The van der Waals surface area contributed by atoms with E-state index in [4.69, 9.17) is 23.9 Å². The molecule has 0 atom stereocenters. The lowest BCUT2D eigenvalue weighted by Gasteiger charge is -2.18. The predicted molar refractivity (Wildman–Crippen MR) is 210 cm³/mol. The highest BCUT2D eigenvalue weighted by atomic mass is 35.5. The lowest BCUT2D eigenvalue weighted by molar-refractivity contribution is -0.686. The van der Waals surface area contributed by atoms with Gasteiger partial charge in [0.2, 0.25) is 12.5 Å². The van der Waals surface area contributed by atoms with Crippen LogP contribution >= 0.6 is 0 Å². The number of pyridine rings is 1. The number of unbranched alkanes of at least 4 members (excludes halogenated alkanes) is 15. The Morgan fingerprint density at radius 1 is 0.774 bits per heavy atom. The number of imidazole rings is 1. The van der Waals surface area contributed by atoms with Crippen LogP contribution in [0.2, 0.25) is 0 Å². The first-order valence-corrected chi connectivity index (χ1v) is 20.3. The van der Waals surface area contributed by atoms with Crippen molar-refractivity contribution in [2.45, 2.75) is 136 Å². The maximum atomic E-state index is 6.69. The van der Waals surface area contributed by atoms with Crippen molar-refractivity contribution in [1.82, 2.24) is 9.55 Å². The Balaban J connectivity index is 0.00000481. The molecule has 8 heteroatoms. The maximum absolute atomic E-state index is 6.69. The van der Waals surface area contributed by atoms with Crippen LogP contribution in [0.3, 0.4) is 0 Å². The molecule has 0 spiro atoms. The molecule has 2 aliphatic heterocycles. The molecule has 0 aliphatic carbocycles. The Morgan fingerprint density at radius 3 is 2.13 bits per heavy atom. The fourth-order valence-corrected chi connectivity index (χ4v) is 8.15. The molecular weight excluding hydrogens is 682 g/mol. The van der Waals surface area contributed by atoms with Crippen molar-refractivity contribution in [1.29, 1.82) is 0 Å². The Hall–Kier alpha value is -3.97. The molecule has 0 saturated carbocycles. The average Bonchev–Trinajstić information content (AvgIpc) is 3.78. The fourth-order valence-electron chi connectivity index (χ4n) is 8.15. The number of rotatable bonds is 21. The summed E-state index contributed by atoms with van der Waals surface area (Å²) >= 11 is 0. The monoisotopic (exact) mass is 739 g/mol. The summed E-state index contributed by atoms with van der Waals surface area (Å²) in [5, 5.41) is 2.14. The third kappa shape index (κ3) is 9.40. The number of aryl methyl sites for hydroxylation is 3. The molecule has 7 rings (SSSR count). The minimum absolute atomic E-state index is 0. The van der Waals surface area contributed by atoms with Crippen LogP contribution in [0.1, 0.15) is 121 Å². The van der Waals surface area contributed by atoms with Crippen molar-refractivity contribution >= 4 is 21.8 Å². The van der Waals surface area contributed by atoms with Crippen molar-refractivity contribution < 1.29 is 35.9 Å². The lowest BCUT2D eigenvalue weighted by Crippen LogP contribution is -3.00. The Bertz CT molecular complexity index is 1940. The second-order valence-electron chi connectivity index (χ2n) is 14.8. The molecule has 0 N–H and O–H groups in total. The van der Waals surface area contributed by atoms with Crippen molar-refractivity contribution in [3.63, 3.8) is 0 Å². The highest BCUT2D eigenvalue weighted by Gasteiger charge is 2.29. The molecule has 2 aromatic heterocycles. The quantitative estimate of drug-likeness (QED) is 0.0560. The van der Waals surface area contributed by atoms with Crippen LogP contribution in [-0.4, -0.2) is 23.5 Å². The van der Waals surface area contributed by atoms with E-state index in [2.05, 4.69) is 70.8 Å². The maximum Gasteiger partial charge on any atom is 0.231 e. The first-order valence-electron chi connectivity index (χ1n) is 20.3. The van der Waals surface area contributed by atoms with Crippen LogP contribution in [0.25, 0.3) is 33.1 Å². The van der Waals surface area contributed by atoms with Crippen LogP contribution in [0.5, 0.6) is 23.0 Å². The minimum atomic E-state index is 0. The van der Waals surface area contributed by atoms with Gasteiger partial charge in [0.25, 0.3) is 0 Å². The van der Waals surface area contributed by atoms with E-state index >= 15 is 0 Å². The highest BCUT2D eigenvalue weighted by molar-refractivity contribution is 5.91. The predicted octanol–water partition coefficient (Wildman–Crippen LogP) is 8.28. The standard InChI is InChI=1S/C45H58N3O4.ClH/c1-3-4-5-6-7-8-9-10-11-12-13-14-15-16-17-20-26-48-39-22-19-18-21-38(39)46-44(48)32-50-45-37-31-47-27-25-35-29-42-43(52-33-51-42)30-36(35)40(47)28-34(37)23-24-41(45)49-2;/h18-19,21-24,28-31H,3-17,20,25-27,32-33H2,1-2H3;1H/q+1;/p-1. The van der Waals surface area contributed by atoms with Crippen molar-refractivity contribution in [2.24, 2.45) is 0 Å². The topological polar surface area (TPSA) is 58.6 Å². The smallest absolute Gasteiger partial charge is 0.231 e. The van der Waals surface area contributed by atoms with E-state index in [9.17, 15) is 0 Å². The van der Waals surface area contributed by atoms with Crippen molar-refractivity contribution in [2.75, 3.05) is 13.9 Å². The average molecular weight is 740 g/mol. The summed E-state index contributed by atoms with van der Waals surface area (Å²) in [6.45, 7) is 4.78. The van der Waals surface area contributed by atoms with Crippen molar-refractivity contribution in [3.05, 3.63) is 72.2 Å². The second-order valence-corrected chi connectivity index (χ2v) is 14.8. The molecule has 5 aromatic rings. The molecule has 0 fully saturated rings. The highest BCUT2D eigenvalue weighted by Crippen LogP contribution is 2.42. The van der Waals surface area contributed by atoms with Crippen LogP contribution < -0.4 is 35.9 Å². The zero-order valence-corrected chi connectivity index (χ0v) is 32.7.